The molecule has 0 aromatic heterocycles. The summed E-state index contributed by atoms with van der Waals surface area (Å²) in [5, 5.41) is 16.6. The summed E-state index contributed by atoms with van der Waals surface area (Å²) in [7, 11) is 0. The van der Waals surface area contributed by atoms with Crippen molar-refractivity contribution in [3.8, 4) is 0 Å². The lowest BCUT2D eigenvalue weighted by Gasteiger charge is -2.25. The normalized spacial score (nSPS) is 13.7. The lowest BCUT2D eigenvalue weighted by atomic mass is 10.1. The Bertz CT molecular complexity index is 1030. The topological polar surface area (TPSA) is 131 Å². The first-order chi connectivity index (χ1) is 15.9. The second-order valence-electron chi connectivity index (χ2n) is 7.62. The van der Waals surface area contributed by atoms with Crippen LogP contribution in [0.15, 0.2) is 42.5 Å². The number of hydrogen-bond donors (Lipinski definition) is 2. The molecule has 2 amide bonds. The molecule has 0 unspecified atom stereocenters. The summed E-state index contributed by atoms with van der Waals surface area (Å²) < 4.78 is 4.93. The Morgan fingerprint density at radius 1 is 1.03 bits per heavy atom. The average molecular weight is 454 g/mol. The molecule has 0 aliphatic carbocycles. The summed E-state index contributed by atoms with van der Waals surface area (Å²) in [5.41, 5.74) is 0.585. The zero-order valence-corrected chi connectivity index (χ0v) is 18.3. The summed E-state index contributed by atoms with van der Waals surface area (Å²) in [4.78, 5) is 49.9. The number of piperidine rings is 1. The Hall–Kier alpha value is -3.79. The van der Waals surface area contributed by atoms with Crippen molar-refractivity contribution in [1.29, 1.82) is 0 Å². The Morgan fingerprint density at radius 3 is 2.36 bits per heavy atom. The number of non-ortho nitro benzene ring substituents is 1. The first-order valence-electron chi connectivity index (χ1n) is 10.8. The van der Waals surface area contributed by atoms with Crippen LogP contribution in [0.3, 0.4) is 0 Å². The number of nitrogens with zero attached hydrogens (tertiary/aromatic N) is 2. The highest BCUT2D eigenvalue weighted by molar-refractivity contribution is 6.10. The van der Waals surface area contributed by atoms with E-state index in [1.807, 2.05) is 4.90 Å². The van der Waals surface area contributed by atoms with Gasteiger partial charge in [0.25, 0.3) is 11.6 Å². The predicted molar refractivity (Wildman–Crippen MR) is 122 cm³/mol. The summed E-state index contributed by atoms with van der Waals surface area (Å²) in [6, 6.07) is 9.77. The first kappa shape index (κ1) is 23.9. The maximum Gasteiger partial charge on any atom is 0.338 e. The fourth-order valence-corrected chi connectivity index (χ4v) is 3.56. The van der Waals surface area contributed by atoms with Gasteiger partial charge in [0.15, 0.2) is 0 Å². The van der Waals surface area contributed by atoms with Crippen molar-refractivity contribution in [3.63, 3.8) is 0 Å². The van der Waals surface area contributed by atoms with Crippen LogP contribution in [0.2, 0.25) is 0 Å². The molecular weight excluding hydrogens is 428 g/mol. The van der Waals surface area contributed by atoms with Crippen LogP contribution >= 0.6 is 0 Å². The molecule has 1 aliphatic rings. The van der Waals surface area contributed by atoms with Crippen molar-refractivity contribution >= 4 is 34.8 Å². The van der Waals surface area contributed by atoms with Crippen molar-refractivity contribution in [3.05, 3.63) is 63.7 Å². The molecule has 0 atom stereocenters. The highest BCUT2D eigenvalue weighted by Crippen LogP contribution is 2.24. The van der Waals surface area contributed by atoms with Crippen molar-refractivity contribution in [1.82, 2.24) is 4.90 Å². The van der Waals surface area contributed by atoms with E-state index >= 15 is 0 Å². The van der Waals surface area contributed by atoms with Gasteiger partial charge in [0.1, 0.15) is 0 Å². The molecule has 0 spiro atoms. The van der Waals surface area contributed by atoms with E-state index in [0.717, 1.165) is 38.4 Å². The number of ether oxygens (including phenoxy) is 1. The third-order valence-corrected chi connectivity index (χ3v) is 5.20. The van der Waals surface area contributed by atoms with Crippen molar-refractivity contribution in [2.45, 2.75) is 26.2 Å². The van der Waals surface area contributed by atoms with Crippen LogP contribution in [-0.4, -0.2) is 53.8 Å². The molecule has 0 saturated carbocycles. The third kappa shape index (κ3) is 6.59. The number of rotatable bonds is 8. The quantitative estimate of drug-likeness (QED) is 0.355. The zero-order chi connectivity index (χ0) is 23.8. The van der Waals surface area contributed by atoms with Gasteiger partial charge < -0.3 is 15.4 Å². The highest BCUT2D eigenvalue weighted by Gasteiger charge is 2.20. The molecule has 2 aromatic carbocycles. The van der Waals surface area contributed by atoms with E-state index in [0.29, 0.717) is 11.3 Å². The molecule has 1 fully saturated rings. The van der Waals surface area contributed by atoms with Gasteiger partial charge in [0, 0.05) is 17.8 Å². The van der Waals surface area contributed by atoms with Gasteiger partial charge in [-0.1, -0.05) is 6.42 Å². The van der Waals surface area contributed by atoms with Crippen LogP contribution < -0.4 is 10.6 Å². The van der Waals surface area contributed by atoms with Crippen LogP contribution in [0.25, 0.3) is 0 Å². The van der Waals surface area contributed by atoms with Gasteiger partial charge in [-0.15, -0.1) is 0 Å². The molecule has 1 saturated heterocycles. The van der Waals surface area contributed by atoms with E-state index in [9.17, 15) is 24.5 Å². The summed E-state index contributed by atoms with van der Waals surface area (Å²) in [6.07, 6.45) is 3.21. The zero-order valence-electron chi connectivity index (χ0n) is 18.3. The minimum Gasteiger partial charge on any atom is -0.462 e. The van der Waals surface area contributed by atoms with Gasteiger partial charge >= 0.3 is 5.97 Å². The van der Waals surface area contributed by atoms with E-state index in [4.69, 9.17) is 4.74 Å². The van der Waals surface area contributed by atoms with Gasteiger partial charge in [0.2, 0.25) is 5.91 Å². The number of carbonyl (C=O) groups is 3. The molecule has 2 aromatic rings. The second-order valence-corrected chi connectivity index (χ2v) is 7.62. The standard InChI is InChI=1S/C23H26N4O6/c1-2-33-23(30)16-6-8-17(9-7-16)24-22(29)19-14-18(27(31)32)10-11-20(19)25-21(28)15-26-12-4-3-5-13-26/h6-11,14H,2-5,12-13,15H2,1H3,(H,24,29)(H,25,28). The third-order valence-electron chi connectivity index (χ3n) is 5.20. The SMILES string of the molecule is CCOC(=O)c1ccc(NC(=O)c2cc([N+](=O)[O-])ccc2NC(=O)CN2CCCCC2)cc1. The maximum atomic E-state index is 12.9. The Kier molecular flexibility index (Phi) is 8.09. The second kappa shape index (κ2) is 11.2. The van der Waals surface area contributed by atoms with E-state index < -0.39 is 16.8 Å². The number of nitrogens with one attached hydrogen (secondary N) is 2. The van der Waals surface area contributed by atoms with Crippen LogP contribution in [0.5, 0.6) is 0 Å². The number of amides is 2. The molecule has 33 heavy (non-hydrogen) atoms. The molecule has 174 valence electrons. The molecule has 3 rings (SSSR count). The summed E-state index contributed by atoms with van der Waals surface area (Å²) >= 11 is 0. The van der Waals surface area contributed by atoms with Crippen LogP contribution in [0, 0.1) is 10.1 Å². The fourth-order valence-electron chi connectivity index (χ4n) is 3.56. The smallest absolute Gasteiger partial charge is 0.338 e. The number of nitro groups is 1. The van der Waals surface area contributed by atoms with Crippen LogP contribution in [-0.2, 0) is 9.53 Å². The molecule has 0 radical (unpaired) electrons. The Morgan fingerprint density at radius 2 is 1.73 bits per heavy atom. The van der Waals surface area contributed by atoms with E-state index in [1.165, 1.54) is 36.4 Å². The van der Waals surface area contributed by atoms with Gasteiger partial charge in [-0.05, 0) is 63.2 Å². The lowest BCUT2D eigenvalue weighted by molar-refractivity contribution is -0.384. The van der Waals surface area contributed by atoms with Gasteiger partial charge in [-0.25, -0.2) is 4.79 Å². The van der Waals surface area contributed by atoms with Crippen LogP contribution in [0.4, 0.5) is 17.1 Å². The predicted octanol–water partition coefficient (Wildman–Crippen LogP) is 3.45. The largest absolute Gasteiger partial charge is 0.462 e. The number of benzene rings is 2. The maximum absolute atomic E-state index is 12.9. The molecule has 1 heterocycles. The molecule has 10 nitrogen and oxygen atoms in total. The summed E-state index contributed by atoms with van der Waals surface area (Å²) in [5.74, 6) is -1.40. The minimum absolute atomic E-state index is 0.0364. The van der Waals surface area contributed by atoms with Crippen molar-refractivity contribution in [2.75, 3.05) is 36.9 Å². The van der Waals surface area contributed by atoms with Crippen LogP contribution in [0.1, 0.15) is 46.9 Å². The van der Waals surface area contributed by atoms with Crippen molar-refractivity contribution < 1.29 is 24.0 Å². The number of carbonyl (C=O) groups excluding carboxylic acids is 3. The lowest BCUT2D eigenvalue weighted by Crippen LogP contribution is -2.37. The number of esters is 1. The van der Waals surface area contributed by atoms with Crippen molar-refractivity contribution in [2.24, 2.45) is 0 Å². The van der Waals surface area contributed by atoms with Gasteiger partial charge in [-0.3, -0.25) is 24.6 Å². The molecular formula is C23H26N4O6. The van der Waals surface area contributed by atoms with E-state index in [1.54, 1.807) is 6.92 Å². The number of nitro benzene ring substituents is 1. The Balaban J connectivity index is 1.75. The number of anilines is 2. The highest BCUT2D eigenvalue weighted by atomic mass is 16.6. The molecule has 1 aliphatic heterocycles. The van der Waals surface area contributed by atoms with E-state index in [-0.39, 0.29) is 36.0 Å². The van der Waals surface area contributed by atoms with E-state index in [2.05, 4.69) is 10.6 Å². The summed E-state index contributed by atoms with van der Waals surface area (Å²) in [6.45, 7) is 3.81. The molecule has 2 N–H and O–H groups in total. The number of likely N-dealkylation sites (tertiary alicyclic amines) is 1. The first-order valence-corrected chi connectivity index (χ1v) is 10.8. The molecule has 10 heteroatoms. The Labute approximate surface area is 191 Å². The van der Waals surface area contributed by atoms with Gasteiger partial charge in [-0.2, -0.15) is 0 Å². The monoisotopic (exact) mass is 454 g/mol. The number of hydrogen-bond acceptors (Lipinski definition) is 7. The molecule has 0 bridgehead atoms. The van der Waals surface area contributed by atoms with Gasteiger partial charge in [0.05, 0.1) is 34.9 Å². The minimum atomic E-state index is -0.629. The fraction of sp³-hybridized carbons (Fsp3) is 0.348. The average Bonchev–Trinajstić information content (AvgIpc) is 2.80.